The van der Waals surface area contributed by atoms with Crippen LogP contribution in [0.2, 0.25) is 0 Å². The molecule has 0 spiro atoms. The maximum atomic E-state index is 0. The molecular formula is HLiO2Zn. The largest absolute Gasteiger partial charge is 2.00 e. The van der Waals surface area contributed by atoms with Crippen LogP contribution in [0.25, 0.3) is 0 Å². The Morgan fingerprint density at radius 2 is 1.00 bits per heavy atom. The van der Waals surface area contributed by atoms with Gasteiger partial charge in [0.25, 0.3) is 0 Å². The monoisotopic (exact) mass is 104 g/mol. The fraction of sp³-hybridized carbons (Fsp3) is 0. The van der Waals surface area contributed by atoms with Crippen LogP contribution >= 0.6 is 0 Å². The summed E-state index contributed by atoms with van der Waals surface area (Å²) >= 11 is 0. The quantitative estimate of drug-likeness (QED) is 0.298. The van der Waals surface area contributed by atoms with Gasteiger partial charge in [0.1, 0.15) is 0 Å². The van der Waals surface area contributed by atoms with Gasteiger partial charge in [-0.25, -0.2) is 0 Å². The van der Waals surface area contributed by atoms with Crippen LogP contribution in [0.4, 0.5) is 0 Å². The molecule has 4 heavy (non-hydrogen) atoms. The first-order valence-electron chi connectivity index (χ1n) is 0. The molecule has 16 valence electrons. The molecule has 0 aliphatic carbocycles. The van der Waals surface area contributed by atoms with E-state index in [-0.39, 0.29) is 49.3 Å². The molecule has 0 aromatic heterocycles. The van der Waals surface area contributed by atoms with E-state index in [0.717, 1.165) is 0 Å². The first-order chi connectivity index (χ1) is 0. The molecule has 0 bridgehead atoms. The van der Waals surface area contributed by atoms with Gasteiger partial charge < -0.3 is 11.0 Å². The second-order valence-corrected chi connectivity index (χ2v) is 0. The summed E-state index contributed by atoms with van der Waals surface area (Å²) in [5.74, 6) is 0. The average Bonchev–Trinajstić information content (AvgIpc) is 0. The van der Waals surface area contributed by atoms with Crippen LogP contribution in [0.15, 0.2) is 0 Å². The molecule has 0 amide bonds. The van der Waals surface area contributed by atoms with Crippen molar-refractivity contribution < 1.29 is 49.3 Å². The van der Waals surface area contributed by atoms with E-state index in [1.807, 2.05) is 0 Å². The van der Waals surface area contributed by atoms with Crippen molar-refractivity contribution >= 4 is 0 Å². The molecular weight excluding hydrogens is 104 g/mol. The zero-order valence-electron chi connectivity index (χ0n) is 2.56. The van der Waals surface area contributed by atoms with Crippen molar-refractivity contribution in [3.8, 4) is 0 Å². The van der Waals surface area contributed by atoms with E-state index in [2.05, 4.69) is 0 Å². The Kier molecular flexibility index (Phi) is 531. The van der Waals surface area contributed by atoms with Crippen LogP contribution < -0.4 is 18.9 Å². The third-order valence-corrected chi connectivity index (χ3v) is 0. The first-order valence-corrected chi connectivity index (χ1v) is 0. The van der Waals surface area contributed by atoms with Crippen LogP contribution in [0, 0.1) is 0 Å². The van der Waals surface area contributed by atoms with Crippen molar-refractivity contribution in [3.63, 3.8) is 0 Å². The Balaban J connectivity index is 0. The zero-order chi connectivity index (χ0) is 0. The molecule has 0 unspecified atom stereocenters. The molecule has 0 rings (SSSR count). The average molecular weight is 105 g/mol. The fourth-order valence-corrected chi connectivity index (χ4v) is 0. The topological polar surface area (TPSA) is 58.5 Å². The van der Waals surface area contributed by atoms with Crippen LogP contribution in [0.1, 0.15) is 0 Å². The minimum atomic E-state index is 0. The summed E-state index contributed by atoms with van der Waals surface area (Å²) in [6.07, 6.45) is 0. The molecule has 0 heterocycles. The Morgan fingerprint density at radius 1 is 1.00 bits per heavy atom. The van der Waals surface area contributed by atoms with Gasteiger partial charge in [0, 0.05) is 0 Å². The molecule has 0 aliphatic rings. The van der Waals surface area contributed by atoms with Gasteiger partial charge in [-0.15, -0.1) is 0 Å². The van der Waals surface area contributed by atoms with E-state index >= 15 is 0 Å². The minimum Gasteiger partial charge on any atom is -2.00 e. The van der Waals surface area contributed by atoms with Gasteiger partial charge in [0.05, 0.1) is 0 Å². The van der Waals surface area contributed by atoms with Crippen molar-refractivity contribution in [2.24, 2.45) is 0 Å². The molecule has 0 aromatic carbocycles. The summed E-state index contributed by atoms with van der Waals surface area (Å²) < 4.78 is 0. The maximum absolute atomic E-state index is 0. The summed E-state index contributed by atoms with van der Waals surface area (Å²) in [4.78, 5) is 0. The normalized spacial score (nSPS) is 0. The van der Waals surface area contributed by atoms with E-state index < -0.39 is 0 Å². The van der Waals surface area contributed by atoms with Gasteiger partial charge in [0.2, 0.25) is 0 Å². The Morgan fingerprint density at radius 3 is 1.00 bits per heavy atom. The van der Waals surface area contributed by atoms with Crippen LogP contribution in [0.5, 0.6) is 0 Å². The predicted octanol–water partition coefficient (Wildman–Crippen LogP) is -3.29. The predicted molar refractivity (Wildman–Crippen MR) is 2.62 cm³/mol. The Hall–Kier alpha value is 1.14. The smallest absolute Gasteiger partial charge is 2.00 e. The van der Waals surface area contributed by atoms with Crippen LogP contribution in [-0.4, -0.2) is 5.48 Å². The second-order valence-electron chi connectivity index (χ2n) is 0. The molecule has 0 atom stereocenters. The molecule has 4 heteroatoms. The van der Waals surface area contributed by atoms with Crippen molar-refractivity contribution in [1.29, 1.82) is 0 Å². The van der Waals surface area contributed by atoms with E-state index in [4.69, 9.17) is 0 Å². The van der Waals surface area contributed by atoms with Crippen LogP contribution in [0.3, 0.4) is 0 Å². The summed E-state index contributed by atoms with van der Waals surface area (Å²) in [7, 11) is 0. The van der Waals surface area contributed by atoms with Gasteiger partial charge in [-0.3, -0.25) is 0 Å². The van der Waals surface area contributed by atoms with Crippen molar-refractivity contribution in [2.45, 2.75) is 0 Å². The summed E-state index contributed by atoms with van der Waals surface area (Å²) in [6.45, 7) is 0. The van der Waals surface area contributed by atoms with E-state index in [0.29, 0.717) is 0 Å². The molecule has 2 nitrogen and oxygen atoms in total. The molecule has 0 saturated heterocycles. The van der Waals surface area contributed by atoms with Gasteiger partial charge in [-0.2, -0.15) is 0 Å². The molecule has 0 saturated carbocycles. The molecule has 0 radical (unpaired) electrons. The minimum absolute atomic E-state index is 0. The number of hydrogen-bond acceptors (Lipinski definition) is 1. The molecule has 0 aromatic rings. The number of hydrogen-bond donors (Lipinski definition) is 0. The molecule has 1 N–H and O–H groups in total. The van der Waals surface area contributed by atoms with Gasteiger partial charge in [0.15, 0.2) is 0 Å². The zero-order valence-corrected chi connectivity index (χ0v) is 5.53. The SMILES string of the molecule is [Li+].[O-2].[OH-].[Zn+2]. The van der Waals surface area contributed by atoms with E-state index in [9.17, 15) is 0 Å². The fourth-order valence-electron chi connectivity index (χ4n) is 0. The van der Waals surface area contributed by atoms with Crippen molar-refractivity contribution in [1.82, 2.24) is 0 Å². The van der Waals surface area contributed by atoms with E-state index in [1.54, 1.807) is 0 Å². The van der Waals surface area contributed by atoms with Crippen LogP contribution in [-0.2, 0) is 25.0 Å². The summed E-state index contributed by atoms with van der Waals surface area (Å²) in [5, 5.41) is 0. The Bertz CT molecular complexity index is 6.00. The maximum Gasteiger partial charge on any atom is 2.00 e. The molecule has 0 fully saturated rings. The Labute approximate surface area is 49.5 Å². The molecule has 0 aliphatic heterocycles. The van der Waals surface area contributed by atoms with Crippen molar-refractivity contribution in [3.05, 3.63) is 0 Å². The summed E-state index contributed by atoms with van der Waals surface area (Å²) in [6, 6.07) is 0. The van der Waals surface area contributed by atoms with Gasteiger partial charge >= 0.3 is 38.3 Å². The van der Waals surface area contributed by atoms with Gasteiger partial charge in [-0.05, 0) is 0 Å². The first kappa shape index (κ1) is 67.7. The van der Waals surface area contributed by atoms with E-state index in [1.165, 1.54) is 0 Å². The second kappa shape index (κ2) is 31.4. The van der Waals surface area contributed by atoms with Crippen molar-refractivity contribution in [2.75, 3.05) is 0 Å². The third-order valence-electron chi connectivity index (χ3n) is 0. The number of rotatable bonds is 0. The third kappa shape index (κ3) is 11.1. The van der Waals surface area contributed by atoms with Gasteiger partial charge in [-0.1, -0.05) is 0 Å². The summed E-state index contributed by atoms with van der Waals surface area (Å²) in [5.41, 5.74) is 0. The standard InChI is InChI=1S/Li.H2O.O.Zn/h;1H2;;/q+1;;-2;+2/p-1.